The fourth-order valence-corrected chi connectivity index (χ4v) is 1.61. The lowest BCUT2D eigenvalue weighted by atomic mass is 10.3. The quantitative estimate of drug-likeness (QED) is 0.800. The second kappa shape index (κ2) is 4.68. The molecule has 0 amide bonds. The number of nitrogens with one attached hydrogen (secondary N) is 2. The molecule has 1 aromatic rings. The molecule has 88 valence electrons. The summed E-state index contributed by atoms with van der Waals surface area (Å²) in [6, 6.07) is 0.632. The number of hydrogen-bond acceptors (Lipinski definition) is 4. The van der Waals surface area contributed by atoms with Crippen LogP contribution in [0.5, 0.6) is 0 Å². The Morgan fingerprint density at radius 1 is 1.19 bits per heavy atom. The highest BCUT2D eigenvalue weighted by atomic mass is 15.1. The number of aromatic nitrogens is 2. The second-order valence-corrected chi connectivity index (χ2v) is 4.44. The molecule has 0 unspecified atom stereocenters. The second-order valence-electron chi connectivity index (χ2n) is 4.44. The first-order chi connectivity index (χ1) is 7.70. The van der Waals surface area contributed by atoms with Gasteiger partial charge in [-0.05, 0) is 33.1 Å². The Labute approximate surface area is 96.9 Å². The molecule has 1 aliphatic rings. The van der Waals surface area contributed by atoms with Crippen LogP contribution in [0.2, 0.25) is 0 Å². The van der Waals surface area contributed by atoms with Crippen LogP contribution in [0.1, 0.15) is 37.6 Å². The van der Waals surface area contributed by atoms with E-state index in [0.29, 0.717) is 6.04 Å². The minimum atomic E-state index is 0.632. The van der Waals surface area contributed by atoms with Gasteiger partial charge in [-0.3, -0.25) is 0 Å². The molecule has 0 aliphatic heterocycles. The van der Waals surface area contributed by atoms with Gasteiger partial charge in [0.25, 0.3) is 0 Å². The minimum Gasteiger partial charge on any atom is -0.370 e. The highest BCUT2D eigenvalue weighted by Gasteiger charge is 2.22. The van der Waals surface area contributed by atoms with Gasteiger partial charge in [0.2, 0.25) is 0 Å². The molecule has 1 fully saturated rings. The van der Waals surface area contributed by atoms with E-state index in [-0.39, 0.29) is 0 Å². The normalized spacial score (nSPS) is 14.9. The van der Waals surface area contributed by atoms with Crippen molar-refractivity contribution in [2.24, 2.45) is 0 Å². The van der Waals surface area contributed by atoms with Gasteiger partial charge in [0.1, 0.15) is 17.5 Å². The SMILES string of the molecule is CCCNc1nc(C)nc(NC2CC2)c1C. The van der Waals surface area contributed by atoms with Crippen LogP contribution < -0.4 is 10.6 Å². The van der Waals surface area contributed by atoms with E-state index in [1.54, 1.807) is 0 Å². The lowest BCUT2D eigenvalue weighted by molar-refractivity contribution is 0.942. The zero-order valence-corrected chi connectivity index (χ0v) is 10.3. The number of rotatable bonds is 5. The smallest absolute Gasteiger partial charge is 0.134 e. The Balaban J connectivity index is 2.18. The molecule has 4 nitrogen and oxygen atoms in total. The maximum Gasteiger partial charge on any atom is 0.134 e. The van der Waals surface area contributed by atoms with Gasteiger partial charge in [0, 0.05) is 18.2 Å². The zero-order valence-electron chi connectivity index (χ0n) is 10.3. The predicted molar refractivity (Wildman–Crippen MR) is 66.9 cm³/mol. The summed E-state index contributed by atoms with van der Waals surface area (Å²) in [5.41, 5.74) is 1.13. The number of nitrogens with zero attached hydrogens (tertiary/aromatic N) is 2. The molecule has 0 radical (unpaired) electrons. The van der Waals surface area contributed by atoms with E-state index >= 15 is 0 Å². The molecule has 0 spiro atoms. The molecule has 1 saturated carbocycles. The maximum absolute atomic E-state index is 4.46. The molecule has 2 N–H and O–H groups in total. The molecule has 4 heteroatoms. The first-order valence-electron chi connectivity index (χ1n) is 6.06. The summed E-state index contributed by atoms with van der Waals surface area (Å²) in [6.07, 6.45) is 3.63. The highest BCUT2D eigenvalue weighted by Crippen LogP contribution is 2.27. The van der Waals surface area contributed by atoms with Crippen LogP contribution in [0, 0.1) is 13.8 Å². The molecular formula is C12H20N4. The lowest BCUT2D eigenvalue weighted by Crippen LogP contribution is -2.11. The summed E-state index contributed by atoms with van der Waals surface area (Å²) in [5.74, 6) is 2.79. The Bertz CT molecular complexity index is 372. The van der Waals surface area contributed by atoms with E-state index in [1.807, 2.05) is 6.92 Å². The first-order valence-corrected chi connectivity index (χ1v) is 6.06. The van der Waals surface area contributed by atoms with Gasteiger partial charge in [-0.2, -0.15) is 0 Å². The van der Waals surface area contributed by atoms with Gasteiger partial charge >= 0.3 is 0 Å². The van der Waals surface area contributed by atoms with Crippen LogP contribution >= 0.6 is 0 Å². The fourth-order valence-electron chi connectivity index (χ4n) is 1.61. The van der Waals surface area contributed by atoms with Gasteiger partial charge in [0.05, 0.1) is 0 Å². The zero-order chi connectivity index (χ0) is 11.5. The average molecular weight is 220 g/mol. The molecule has 0 bridgehead atoms. The predicted octanol–water partition coefficient (Wildman–Crippen LogP) is 2.49. The Kier molecular flexibility index (Phi) is 3.27. The van der Waals surface area contributed by atoms with Crippen LogP contribution in [-0.4, -0.2) is 22.6 Å². The molecule has 0 aromatic carbocycles. The average Bonchev–Trinajstić information content (AvgIpc) is 3.04. The third kappa shape index (κ3) is 2.62. The van der Waals surface area contributed by atoms with Crippen LogP contribution in [0.25, 0.3) is 0 Å². The van der Waals surface area contributed by atoms with E-state index < -0.39 is 0 Å². The standard InChI is InChI=1S/C12H20N4/c1-4-7-13-11-8(2)12(15-9(3)14-11)16-10-5-6-10/h10H,4-7H2,1-3H3,(H2,13,14,15,16). The van der Waals surface area contributed by atoms with Crippen molar-refractivity contribution >= 4 is 11.6 Å². The van der Waals surface area contributed by atoms with Gasteiger partial charge in [0.15, 0.2) is 0 Å². The monoisotopic (exact) mass is 220 g/mol. The molecule has 1 aliphatic carbocycles. The van der Waals surface area contributed by atoms with E-state index in [2.05, 4.69) is 34.4 Å². The van der Waals surface area contributed by atoms with Crippen molar-refractivity contribution in [1.82, 2.24) is 9.97 Å². The summed E-state index contributed by atoms with van der Waals surface area (Å²) in [4.78, 5) is 8.90. The maximum atomic E-state index is 4.46. The Morgan fingerprint density at radius 2 is 1.88 bits per heavy atom. The number of anilines is 2. The van der Waals surface area contributed by atoms with Crippen LogP contribution in [0.4, 0.5) is 11.6 Å². The highest BCUT2D eigenvalue weighted by molar-refractivity contribution is 5.57. The third-order valence-electron chi connectivity index (χ3n) is 2.72. The largest absolute Gasteiger partial charge is 0.370 e. The summed E-state index contributed by atoms with van der Waals surface area (Å²) < 4.78 is 0. The van der Waals surface area contributed by atoms with Crippen molar-refractivity contribution in [3.05, 3.63) is 11.4 Å². The van der Waals surface area contributed by atoms with Crippen molar-refractivity contribution in [3.63, 3.8) is 0 Å². The van der Waals surface area contributed by atoms with Crippen molar-refractivity contribution < 1.29 is 0 Å². The van der Waals surface area contributed by atoms with E-state index in [4.69, 9.17) is 0 Å². The third-order valence-corrected chi connectivity index (χ3v) is 2.72. The minimum absolute atomic E-state index is 0.632. The van der Waals surface area contributed by atoms with Crippen LogP contribution in [0.3, 0.4) is 0 Å². The summed E-state index contributed by atoms with van der Waals surface area (Å²) in [6.45, 7) is 7.12. The van der Waals surface area contributed by atoms with Crippen LogP contribution in [0.15, 0.2) is 0 Å². The molecule has 1 aromatic heterocycles. The molecule has 1 heterocycles. The fraction of sp³-hybridized carbons (Fsp3) is 0.667. The molecule has 16 heavy (non-hydrogen) atoms. The van der Waals surface area contributed by atoms with E-state index in [9.17, 15) is 0 Å². The summed E-state index contributed by atoms with van der Waals surface area (Å²) in [5, 5.41) is 6.80. The molecule has 0 saturated heterocycles. The molecule has 0 atom stereocenters. The van der Waals surface area contributed by atoms with Gasteiger partial charge in [-0.25, -0.2) is 9.97 Å². The van der Waals surface area contributed by atoms with Gasteiger partial charge < -0.3 is 10.6 Å². The molecular weight excluding hydrogens is 200 g/mol. The van der Waals surface area contributed by atoms with E-state index in [0.717, 1.165) is 36.0 Å². The van der Waals surface area contributed by atoms with E-state index in [1.165, 1.54) is 12.8 Å². The Morgan fingerprint density at radius 3 is 2.50 bits per heavy atom. The lowest BCUT2D eigenvalue weighted by Gasteiger charge is -2.13. The van der Waals surface area contributed by atoms with Crippen LogP contribution in [-0.2, 0) is 0 Å². The summed E-state index contributed by atoms with van der Waals surface area (Å²) in [7, 11) is 0. The van der Waals surface area contributed by atoms with Crippen molar-refractivity contribution in [2.75, 3.05) is 17.2 Å². The first kappa shape index (κ1) is 11.2. The number of hydrogen-bond donors (Lipinski definition) is 2. The van der Waals surface area contributed by atoms with Crippen molar-refractivity contribution in [1.29, 1.82) is 0 Å². The molecule has 2 rings (SSSR count). The topological polar surface area (TPSA) is 49.8 Å². The Hall–Kier alpha value is -1.32. The van der Waals surface area contributed by atoms with Gasteiger partial charge in [-0.1, -0.05) is 6.92 Å². The van der Waals surface area contributed by atoms with Crippen molar-refractivity contribution in [3.8, 4) is 0 Å². The summed E-state index contributed by atoms with van der Waals surface area (Å²) >= 11 is 0. The van der Waals surface area contributed by atoms with Crippen molar-refractivity contribution in [2.45, 2.75) is 46.1 Å². The van der Waals surface area contributed by atoms with Gasteiger partial charge in [-0.15, -0.1) is 0 Å². The number of aryl methyl sites for hydroxylation is 1.